The van der Waals surface area contributed by atoms with E-state index >= 15 is 0 Å². The number of benzene rings is 7. The monoisotopic (exact) mass is 595 g/mol. The van der Waals surface area contributed by atoms with Crippen LogP contribution < -0.4 is 0 Å². The van der Waals surface area contributed by atoms with Crippen molar-refractivity contribution in [2.24, 2.45) is 0 Å². The van der Waals surface area contributed by atoms with Crippen LogP contribution in [0.15, 0.2) is 132 Å². The molecule has 9 rings (SSSR count). The van der Waals surface area contributed by atoms with Crippen LogP contribution >= 0.6 is 0 Å². The summed E-state index contributed by atoms with van der Waals surface area (Å²) in [7, 11) is 0. The van der Waals surface area contributed by atoms with Crippen LogP contribution in [0.1, 0.15) is 0 Å². The highest BCUT2D eigenvalue weighted by Crippen LogP contribution is 2.55. The van der Waals surface area contributed by atoms with E-state index in [-0.39, 0.29) is 0 Å². The largest absolute Gasteiger partial charge is 0.455 e. The van der Waals surface area contributed by atoms with Crippen molar-refractivity contribution >= 4 is 49.8 Å². The smallest absolute Gasteiger partial charge is 0.187 e. The summed E-state index contributed by atoms with van der Waals surface area (Å²) in [5, 5.41) is 4.42. The molecule has 47 heavy (non-hydrogen) atoms. The minimum Gasteiger partial charge on any atom is -0.455 e. The lowest BCUT2D eigenvalue weighted by Crippen LogP contribution is -1.88. The Hall–Kier alpha value is -6.93. The standard InChI is InChI=1S/C43H21N3O/c1-44-30-16-10-25(11-17-30)29-22-35(26-12-18-31(45-2)19-13-26)43-37(23-29)42-38(47-43)24-36-33-8-4-6-27-7-5-9-34(39(27)33)41(36)40(42)28-14-20-32(46-3)21-15-28/h4-24H. The van der Waals surface area contributed by atoms with Gasteiger partial charge in [-0.25, -0.2) is 14.5 Å². The van der Waals surface area contributed by atoms with Gasteiger partial charge in [-0.2, -0.15) is 0 Å². The van der Waals surface area contributed by atoms with Crippen molar-refractivity contribution in [2.75, 3.05) is 0 Å². The van der Waals surface area contributed by atoms with Gasteiger partial charge in [-0.1, -0.05) is 109 Å². The number of furan rings is 1. The van der Waals surface area contributed by atoms with E-state index in [4.69, 9.17) is 24.1 Å². The molecule has 1 heterocycles. The third-order valence-corrected chi connectivity index (χ3v) is 9.25. The van der Waals surface area contributed by atoms with Crippen molar-refractivity contribution in [2.45, 2.75) is 0 Å². The molecule has 0 atom stereocenters. The highest BCUT2D eigenvalue weighted by Gasteiger charge is 2.29. The quantitative estimate of drug-likeness (QED) is 0.187. The van der Waals surface area contributed by atoms with Gasteiger partial charge in [-0.05, 0) is 73.5 Å². The first kappa shape index (κ1) is 26.5. The Morgan fingerprint density at radius 2 is 1.00 bits per heavy atom. The maximum atomic E-state index is 7.56. The summed E-state index contributed by atoms with van der Waals surface area (Å²) in [5.41, 5.74) is 13.9. The molecule has 0 bridgehead atoms. The number of hydrogen-bond donors (Lipinski definition) is 0. The lowest BCUT2D eigenvalue weighted by molar-refractivity contribution is 0.670. The predicted octanol–water partition coefficient (Wildman–Crippen LogP) is 13.0. The van der Waals surface area contributed by atoms with Gasteiger partial charge in [0, 0.05) is 21.9 Å². The molecule has 0 saturated heterocycles. The van der Waals surface area contributed by atoms with Gasteiger partial charge >= 0.3 is 0 Å². The van der Waals surface area contributed by atoms with Crippen molar-refractivity contribution in [3.8, 4) is 55.6 Å². The fraction of sp³-hybridized carbons (Fsp3) is 0. The van der Waals surface area contributed by atoms with Crippen LogP contribution in [0.2, 0.25) is 0 Å². The summed E-state index contributed by atoms with van der Waals surface area (Å²) < 4.78 is 6.90. The Kier molecular flexibility index (Phi) is 5.66. The maximum Gasteiger partial charge on any atom is 0.187 e. The first-order valence-electron chi connectivity index (χ1n) is 15.2. The minimum absolute atomic E-state index is 0.579. The van der Waals surface area contributed by atoms with E-state index in [0.29, 0.717) is 17.1 Å². The van der Waals surface area contributed by atoms with E-state index in [1.165, 1.54) is 21.9 Å². The van der Waals surface area contributed by atoms with E-state index in [1.807, 2.05) is 72.8 Å². The van der Waals surface area contributed by atoms with Gasteiger partial charge in [-0.3, -0.25) is 0 Å². The van der Waals surface area contributed by atoms with Crippen molar-refractivity contribution in [3.05, 3.63) is 162 Å². The second-order valence-electron chi connectivity index (χ2n) is 11.7. The van der Waals surface area contributed by atoms with Crippen molar-refractivity contribution in [1.82, 2.24) is 0 Å². The minimum atomic E-state index is 0.579. The van der Waals surface area contributed by atoms with Crippen LogP contribution in [0.25, 0.3) is 103 Å². The molecule has 0 unspecified atom stereocenters. The molecule has 0 fully saturated rings. The van der Waals surface area contributed by atoms with Gasteiger partial charge < -0.3 is 4.42 Å². The molecule has 0 amide bonds. The van der Waals surface area contributed by atoms with E-state index in [0.717, 1.165) is 66.4 Å². The van der Waals surface area contributed by atoms with E-state index in [1.54, 1.807) is 0 Å². The predicted molar refractivity (Wildman–Crippen MR) is 191 cm³/mol. The Labute approximate surface area is 270 Å². The fourth-order valence-corrected chi connectivity index (χ4v) is 7.12. The van der Waals surface area contributed by atoms with E-state index < -0.39 is 0 Å². The van der Waals surface area contributed by atoms with E-state index in [2.05, 4.69) is 69.1 Å². The summed E-state index contributed by atoms with van der Waals surface area (Å²) in [4.78, 5) is 10.8. The first-order chi connectivity index (χ1) is 23.1. The van der Waals surface area contributed by atoms with Gasteiger partial charge in [0.25, 0.3) is 0 Å². The summed E-state index contributed by atoms with van der Waals surface area (Å²) in [5.74, 6) is 0. The molecule has 1 aromatic heterocycles. The van der Waals surface area contributed by atoms with Crippen molar-refractivity contribution in [1.29, 1.82) is 0 Å². The number of fused-ring (bicyclic) bond motifs is 6. The molecule has 4 heteroatoms. The second-order valence-corrected chi connectivity index (χ2v) is 11.7. The molecule has 0 aliphatic heterocycles. The molecule has 0 radical (unpaired) electrons. The topological polar surface area (TPSA) is 26.2 Å². The highest BCUT2D eigenvalue weighted by molar-refractivity contribution is 6.26. The Bertz CT molecular complexity index is 2720. The Balaban J connectivity index is 1.44. The number of rotatable bonds is 3. The second kappa shape index (κ2) is 10.0. The summed E-state index contributed by atoms with van der Waals surface area (Å²) >= 11 is 0. The lowest BCUT2D eigenvalue weighted by atomic mass is 9.88. The Morgan fingerprint density at radius 1 is 0.426 bits per heavy atom. The molecule has 7 aromatic carbocycles. The first-order valence-corrected chi connectivity index (χ1v) is 15.2. The normalized spacial score (nSPS) is 11.3. The zero-order chi connectivity index (χ0) is 31.6. The maximum absolute atomic E-state index is 7.56. The SMILES string of the molecule is [C-]#[N+]c1ccc(-c2cc(-c3ccc([N+]#[C-])cc3)c3oc4cc5c(c(-c6ccc([N+]#[C-])cc6)c4c3c2)-c2cccc3cccc-5c23)cc1. The van der Waals surface area contributed by atoms with E-state index in [9.17, 15) is 0 Å². The Morgan fingerprint density at radius 3 is 1.62 bits per heavy atom. The number of nitrogens with zero attached hydrogens (tertiary/aromatic N) is 3. The van der Waals surface area contributed by atoms with Gasteiger partial charge in [0.1, 0.15) is 11.2 Å². The van der Waals surface area contributed by atoms with Gasteiger partial charge in [-0.15, -0.1) is 0 Å². The molecule has 1 aliphatic carbocycles. The van der Waals surface area contributed by atoms with Gasteiger partial charge in [0.15, 0.2) is 17.1 Å². The third kappa shape index (κ3) is 3.92. The highest BCUT2D eigenvalue weighted by atomic mass is 16.3. The van der Waals surface area contributed by atoms with Crippen molar-refractivity contribution < 1.29 is 4.42 Å². The fourth-order valence-electron chi connectivity index (χ4n) is 7.12. The van der Waals surface area contributed by atoms with Crippen LogP contribution in [0.3, 0.4) is 0 Å². The van der Waals surface area contributed by atoms with Crippen molar-refractivity contribution in [3.63, 3.8) is 0 Å². The molecule has 8 aromatic rings. The third-order valence-electron chi connectivity index (χ3n) is 9.25. The zero-order valence-electron chi connectivity index (χ0n) is 24.9. The summed E-state index contributed by atoms with van der Waals surface area (Å²) in [6.45, 7) is 22.5. The molecular formula is C43H21N3O. The molecular weight excluding hydrogens is 574 g/mol. The molecule has 0 saturated carbocycles. The molecule has 1 aliphatic rings. The van der Waals surface area contributed by atoms with Gasteiger partial charge in [0.2, 0.25) is 0 Å². The van der Waals surface area contributed by atoms with Crippen LogP contribution in [-0.2, 0) is 0 Å². The average Bonchev–Trinajstić information content (AvgIpc) is 3.67. The van der Waals surface area contributed by atoms with Crippen LogP contribution in [-0.4, -0.2) is 0 Å². The lowest BCUT2D eigenvalue weighted by Gasteiger charge is -2.13. The average molecular weight is 596 g/mol. The van der Waals surface area contributed by atoms with Crippen LogP contribution in [0, 0.1) is 19.7 Å². The summed E-state index contributed by atoms with van der Waals surface area (Å²) in [6.07, 6.45) is 0. The summed E-state index contributed by atoms with van der Waals surface area (Å²) in [6, 6.07) is 42.6. The van der Waals surface area contributed by atoms with Crippen LogP contribution in [0.5, 0.6) is 0 Å². The zero-order valence-corrected chi connectivity index (χ0v) is 24.9. The molecule has 214 valence electrons. The van der Waals surface area contributed by atoms with Crippen LogP contribution in [0.4, 0.5) is 17.1 Å². The van der Waals surface area contributed by atoms with Gasteiger partial charge in [0.05, 0.1) is 19.7 Å². The molecule has 4 nitrogen and oxygen atoms in total. The molecule has 0 N–H and O–H groups in total. The number of hydrogen-bond acceptors (Lipinski definition) is 1. The molecule has 0 spiro atoms.